The Hall–Kier alpha value is -2.06. The van der Waals surface area contributed by atoms with Gasteiger partial charge in [0.15, 0.2) is 23.3 Å². The second-order valence-electron chi connectivity index (χ2n) is 3.46. The molecule has 1 aromatic heterocycles. The average molecular weight is 284 g/mol. The van der Waals surface area contributed by atoms with Gasteiger partial charge < -0.3 is 0 Å². The molecule has 0 N–H and O–H groups in total. The molecule has 0 atom stereocenters. The molecule has 2 aromatic rings. The van der Waals surface area contributed by atoms with Gasteiger partial charge in [0.05, 0.1) is 6.33 Å². The molecule has 0 spiro atoms. The molecule has 0 saturated heterocycles. The molecule has 0 radical (unpaired) electrons. The molecule has 19 heavy (non-hydrogen) atoms. The van der Waals surface area contributed by atoms with E-state index in [4.69, 9.17) is 0 Å². The van der Waals surface area contributed by atoms with Gasteiger partial charge in [0, 0.05) is 12.4 Å². The SMILES string of the molecule is Fc1c(F)c(F)c(C(F)(F)n2ccnc2)c(F)c1F. The third-order valence-corrected chi connectivity index (χ3v) is 2.34. The molecule has 0 amide bonds. The zero-order valence-electron chi connectivity index (χ0n) is 8.77. The molecule has 0 saturated carbocycles. The Morgan fingerprint density at radius 2 is 1.32 bits per heavy atom. The third-order valence-electron chi connectivity index (χ3n) is 2.34. The van der Waals surface area contributed by atoms with Crippen LogP contribution >= 0.6 is 0 Å². The van der Waals surface area contributed by atoms with E-state index < -0.39 is 40.7 Å². The Labute approximate surface area is 101 Å². The maximum atomic E-state index is 13.7. The lowest BCUT2D eigenvalue weighted by molar-refractivity contribution is -0.0445. The Kier molecular flexibility index (Phi) is 2.99. The molecule has 1 aromatic carbocycles. The molecule has 102 valence electrons. The number of hydrogen-bond acceptors (Lipinski definition) is 1. The quantitative estimate of drug-likeness (QED) is 0.470. The minimum absolute atomic E-state index is 0.0781. The Balaban J connectivity index is 2.77. The number of hydrogen-bond donors (Lipinski definition) is 0. The van der Waals surface area contributed by atoms with E-state index in [2.05, 4.69) is 4.98 Å². The summed E-state index contributed by atoms with van der Waals surface area (Å²) >= 11 is 0. The van der Waals surface area contributed by atoms with E-state index >= 15 is 0 Å². The van der Waals surface area contributed by atoms with Crippen molar-refractivity contribution in [3.63, 3.8) is 0 Å². The first-order valence-electron chi connectivity index (χ1n) is 4.66. The molecule has 2 nitrogen and oxygen atoms in total. The van der Waals surface area contributed by atoms with Crippen LogP contribution in [-0.2, 0) is 6.05 Å². The van der Waals surface area contributed by atoms with Crippen molar-refractivity contribution in [3.8, 4) is 0 Å². The molecule has 0 aliphatic carbocycles. The van der Waals surface area contributed by atoms with E-state index in [1.165, 1.54) is 0 Å². The fraction of sp³-hybridized carbons (Fsp3) is 0.100. The highest BCUT2D eigenvalue weighted by Gasteiger charge is 2.43. The lowest BCUT2D eigenvalue weighted by Crippen LogP contribution is -2.28. The van der Waals surface area contributed by atoms with Crippen LogP contribution in [0.4, 0.5) is 30.7 Å². The standard InChI is InChI=1S/C10H3F7N2/c11-5-4(6(12)8(14)9(15)7(5)13)10(16,17)19-2-1-18-3-19/h1-3H. The highest BCUT2D eigenvalue weighted by atomic mass is 19.3. The van der Waals surface area contributed by atoms with Crippen LogP contribution in [-0.4, -0.2) is 9.55 Å². The van der Waals surface area contributed by atoms with Gasteiger partial charge in [0.2, 0.25) is 5.82 Å². The van der Waals surface area contributed by atoms with Crippen molar-refractivity contribution in [2.45, 2.75) is 6.05 Å². The second-order valence-corrected chi connectivity index (χ2v) is 3.46. The van der Waals surface area contributed by atoms with E-state index in [0.717, 1.165) is 6.20 Å². The number of halogens is 7. The molecular formula is C10H3F7N2. The van der Waals surface area contributed by atoms with Gasteiger partial charge in [-0.1, -0.05) is 0 Å². The van der Waals surface area contributed by atoms with Gasteiger partial charge in [-0.05, 0) is 0 Å². The van der Waals surface area contributed by atoms with Crippen molar-refractivity contribution in [2.75, 3.05) is 0 Å². The molecular weight excluding hydrogens is 281 g/mol. The van der Waals surface area contributed by atoms with Crippen molar-refractivity contribution in [1.82, 2.24) is 9.55 Å². The molecule has 9 heteroatoms. The molecule has 1 heterocycles. The first kappa shape index (κ1) is 13.4. The second kappa shape index (κ2) is 4.25. The lowest BCUT2D eigenvalue weighted by atomic mass is 10.1. The summed E-state index contributed by atoms with van der Waals surface area (Å²) in [5, 5.41) is 0. The number of alkyl halides is 2. The topological polar surface area (TPSA) is 17.8 Å². The fourth-order valence-electron chi connectivity index (χ4n) is 1.42. The first-order valence-corrected chi connectivity index (χ1v) is 4.66. The van der Waals surface area contributed by atoms with Gasteiger partial charge in [-0.3, -0.25) is 4.57 Å². The van der Waals surface area contributed by atoms with Crippen LogP contribution in [0.15, 0.2) is 18.7 Å². The van der Waals surface area contributed by atoms with Crippen LogP contribution in [0.2, 0.25) is 0 Å². The number of rotatable bonds is 2. The highest BCUT2D eigenvalue weighted by Crippen LogP contribution is 2.36. The van der Waals surface area contributed by atoms with Crippen molar-refractivity contribution in [1.29, 1.82) is 0 Å². The van der Waals surface area contributed by atoms with Gasteiger partial charge >= 0.3 is 6.05 Å². The zero-order chi connectivity index (χ0) is 14.4. The summed E-state index contributed by atoms with van der Waals surface area (Å²) in [6, 6.07) is -4.47. The molecule has 0 unspecified atom stereocenters. The van der Waals surface area contributed by atoms with E-state index in [1.807, 2.05) is 0 Å². The van der Waals surface area contributed by atoms with Crippen molar-refractivity contribution in [3.05, 3.63) is 53.4 Å². The van der Waals surface area contributed by atoms with Crippen LogP contribution in [0.5, 0.6) is 0 Å². The Morgan fingerprint density at radius 3 is 1.74 bits per heavy atom. The Morgan fingerprint density at radius 1 is 0.842 bits per heavy atom. The van der Waals surface area contributed by atoms with E-state index in [1.54, 1.807) is 0 Å². The van der Waals surface area contributed by atoms with Gasteiger partial charge in [-0.2, -0.15) is 8.78 Å². The van der Waals surface area contributed by atoms with Crippen molar-refractivity contribution < 1.29 is 30.7 Å². The summed E-state index contributed by atoms with van der Waals surface area (Å²) in [4.78, 5) is 3.21. The van der Waals surface area contributed by atoms with Crippen molar-refractivity contribution >= 4 is 0 Å². The van der Waals surface area contributed by atoms with Crippen LogP contribution in [0.3, 0.4) is 0 Å². The minimum Gasteiger partial charge on any atom is -0.273 e. The predicted octanol–water partition coefficient (Wildman–Crippen LogP) is 3.18. The minimum atomic E-state index is -4.47. The summed E-state index contributed by atoms with van der Waals surface area (Å²) in [6.07, 6.45) is 1.97. The van der Waals surface area contributed by atoms with Crippen LogP contribution in [0, 0.1) is 29.1 Å². The molecule has 0 aliphatic rings. The number of imidazole rings is 1. The summed E-state index contributed by atoms with van der Waals surface area (Å²) in [6.45, 7) is 0. The van der Waals surface area contributed by atoms with Gasteiger partial charge in [0.25, 0.3) is 0 Å². The number of nitrogens with zero attached hydrogens (tertiary/aromatic N) is 2. The normalized spacial score (nSPS) is 11.9. The largest absolute Gasteiger partial charge is 0.363 e. The van der Waals surface area contributed by atoms with Crippen LogP contribution < -0.4 is 0 Å². The predicted molar refractivity (Wildman–Crippen MR) is 47.8 cm³/mol. The van der Waals surface area contributed by atoms with E-state index in [0.29, 0.717) is 12.5 Å². The van der Waals surface area contributed by atoms with Crippen LogP contribution in [0.25, 0.3) is 0 Å². The zero-order valence-corrected chi connectivity index (χ0v) is 8.77. The van der Waals surface area contributed by atoms with E-state index in [9.17, 15) is 30.7 Å². The lowest BCUT2D eigenvalue weighted by Gasteiger charge is -2.19. The van der Waals surface area contributed by atoms with Gasteiger partial charge in [-0.15, -0.1) is 0 Å². The number of benzene rings is 1. The molecule has 0 fully saturated rings. The fourth-order valence-corrected chi connectivity index (χ4v) is 1.42. The number of aromatic nitrogens is 2. The van der Waals surface area contributed by atoms with Crippen LogP contribution in [0.1, 0.15) is 5.56 Å². The summed E-state index contributed by atoms with van der Waals surface area (Å²) in [7, 11) is 0. The van der Waals surface area contributed by atoms with E-state index in [-0.39, 0.29) is 4.57 Å². The first-order chi connectivity index (χ1) is 8.78. The maximum Gasteiger partial charge on any atom is 0.363 e. The van der Waals surface area contributed by atoms with Gasteiger partial charge in [0.1, 0.15) is 5.56 Å². The summed E-state index contributed by atoms with van der Waals surface area (Å²) < 4.78 is 92.3. The monoisotopic (exact) mass is 284 g/mol. The van der Waals surface area contributed by atoms with Crippen molar-refractivity contribution in [2.24, 2.45) is 0 Å². The average Bonchev–Trinajstić information content (AvgIpc) is 2.88. The molecule has 2 rings (SSSR count). The van der Waals surface area contributed by atoms with Gasteiger partial charge in [-0.25, -0.2) is 26.9 Å². The third kappa shape index (κ3) is 1.85. The molecule has 0 aliphatic heterocycles. The highest BCUT2D eigenvalue weighted by molar-refractivity contribution is 5.28. The Bertz CT molecular complexity index is 592. The molecule has 0 bridgehead atoms. The summed E-state index contributed by atoms with van der Waals surface area (Å²) in [5.74, 6) is -12.5. The maximum absolute atomic E-state index is 13.7. The summed E-state index contributed by atoms with van der Waals surface area (Å²) in [5.41, 5.74) is -2.23. The smallest absolute Gasteiger partial charge is 0.273 e.